The van der Waals surface area contributed by atoms with E-state index in [4.69, 9.17) is 4.74 Å². The van der Waals surface area contributed by atoms with Crippen LogP contribution in [0.25, 0.3) is 0 Å². The highest BCUT2D eigenvalue weighted by molar-refractivity contribution is 7.93. The molecule has 3 atom stereocenters. The standard InChI is InChI=1S/C24H25NO5S/c1-4-11-18-21(26)25-20(24(2,3)31(28,29)22(18)25)23(27)30-19(16-12-7-5-8-13-16)17-14-9-6-10-15-17/h4-10,12-15,18-20,22H,1,11H2,2-3H3/t18-,20+,22+/m1/s1. The molecule has 1 amide bonds. The van der Waals surface area contributed by atoms with Crippen molar-refractivity contribution < 1.29 is 22.7 Å². The Morgan fingerprint density at radius 1 is 1.10 bits per heavy atom. The molecule has 0 saturated carbocycles. The summed E-state index contributed by atoms with van der Waals surface area (Å²) in [6, 6.07) is 17.3. The molecule has 0 N–H and O–H groups in total. The molecule has 162 valence electrons. The largest absolute Gasteiger partial charge is 0.451 e. The zero-order valence-corrected chi connectivity index (χ0v) is 18.3. The van der Waals surface area contributed by atoms with Gasteiger partial charge in [-0.2, -0.15) is 0 Å². The van der Waals surface area contributed by atoms with Crippen molar-refractivity contribution in [1.82, 2.24) is 4.90 Å². The monoisotopic (exact) mass is 439 g/mol. The highest BCUT2D eigenvalue weighted by Crippen LogP contribution is 2.50. The molecule has 6 nitrogen and oxygen atoms in total. The van der Waals surface area contributed by atoms with E-state index in [-0.39, 0.29) is 12.3 Å². The molecule has 2 aliphatic rings. The molecule has 2 fully saturated rings. The van der Waals surface area contributed by atoms with E-state index in [0.29, 0.717) is 0 Å². The maximum absolute atomic E-state index is 13.4. The van der Waals surface area contributed by atoms with Crippen LogP contribution in [0.1, 0.15) is 37.5 Å². The van der Waals surface area contributed by atoms with Crippen molar-refractivity contribution in [3.8, 4) is 0 Å². The second-order valence-corrected chi connectivity index (χ2v) is 11.1. The molecule has 0 aromatic heterocycles. The van der Waals surface area contributed by atoms with E-state index in [1.54, 1.807) is 0 Å². The number of benzene rings is 2. The van der Waals surface area contributed by atoms with Gasteiger partial charge in [0.25, 0.3) is 0 Å². The van der Waals surface area contributed by atoms with Gasteiger partial charge in [0.2, 0.25) is 5.91 Å². The summed E-state index contributed by atoms with van der Waals surface area (Å²) < 4.78 is 30.9. The second-order valence-electron chi connectivity index (χ2n) is 8.46. The lowest BCUT2D eigenvalue weighted by Crippen LogP contribution is -2.63. The Hall–Kier alpha value is -2.93. The van der Waals surface area contributed by atoms with Gasteiger partial charge in [-0.05, 0) is 31.4 Å². The molecule has 2 saturated heterocycles. The first-order valence-electron chi connectivity index (χ1n) is 10.2. The van der Waals surface area contributed by atoms with Crippen LogP contribution >= 0.6 is 0 Å². The lowest BCUT2D eigenvalue weighted by atomic mass is 9.89. The number of carbonyl (C=O) groups excluding carboxylic acids is 2. The van der Waals surface area contributed by atoms with E-state index in [9.17, 15) is 18.0 Å². The minimum atomic E-state index is -3.77. The van der Waals surface area contributed by atoms with Crippen molar-refractivity contribution in [2.24, 2.45) is 5.92 Å². The summed E-state index contributed by atoms with van der Waals surface area (Å²) in [7, 11) is -3.77. The Morgan fingerprint density at radius 2 is 1.61 bits per heavy atom. The fourth-order valence-corrected chi connectivity index (χ4v) is 6.88. The van der Waals surface area contributed by atoms with E-state index in [1.165, 1.54) is 24.8 Å². The number of hydrogen-bond acceptors (Lipinski definition) is 5. The molecule has 0 aliphatic carbocycles. The Bertz CT molecular complexity index is 1070. The summed E-state index contributed by atoms with van der Waals surface area (Å²) in [4.78, 5) is 27.4. The second kappa shape index (κ2) is 7.64. The van der Waals surface area contributed by atoms with Gasteiger partial charge in [-0.25, -0.2) is 13.2 Å². The van der Waals surface area contributed by atoms with Gasteiger partial charge in [-0.1, -0.05) is 66.7 Å². The maximum atomic E-state index is 13.4. The molecule has 4 rings (SSSR count). The topological polar surface area (TPSA) is 80.8 Å². The van der Waals surface area contributed by atoms with Crippen molar-refractivity contribution in [2.45, 2.75) is 42.5 Å². The molecule has 2 heterocycles. The van der Waals surface area contributed by atoms with Gasteiger partial charge in [-0.3, -0.25) is 4.79 Å². The van der Waals surface area contributed by atoms with Gasteiger partial charge in [0, 0.05) is 0 Å². The van der Waals surface area contributed by atoms with Crippen molar-refractivity contribution in [2.75, 3.05) is 0 Å². The number of hydrogen-bond donors (Lipinski definition) is 0. The third kappa shape index (κ3) is 3.19. The molecule has 0 unspecified atom stereocenters. The fourth-order valence-electron chi connectivity index (χ4n) is 4.55. The Labute approximate surface area is 182 Å². The van der Waals surface area contributed by atoms with Gasteiger partial charge in [0.15, 0.2) is 15.9 Å². The van der Waals surface area contributed by atoms with Gasteiger partial charge >= 0.3 is 5.97 Å². The number of carbonyl (C=O) groups is 2. The zero-order valence-electron chi connectivity index (χ0n) is 17.5. The molecule has 0 spiro atoms. The van der Waals surface area contributed by atoms with Crippen molar-refractivity contribution in [3.05, 3.63) is 84.4 Å². The summed E-state index contributed by atoms with van der Waals surface area (Å²) in [5.74, 6) is -1.77. The SMILES string of the molecule is C=CC[C@@H]1C(=O)N2[C@@H](C(=O)OC(c3ccccc3)c3ccccc3)C(C)(C)S(=O)(=O)[C@@H]12. The summed E-state index contributed by atoms with van der Waals surface area (Å²) in [5.41, 5.74) is 1.52. The number of nitrogens with zero attached hydrogens (tertiary/aromatic N) is 1. The van der Waals surface area contributed by atoms with E-state index in [0.717, 1.165) is 11.1 Å². The number of sulfone groups is 1. The lowest BCUT2D eigenvalue weighted by Gasteiger charge is -2.43. The van der Waals surface area contributed by atoms with E-state index in [1.807, 2.05) is 60.7 Å². The molecule has 0 bridgehead atoms. The third-order valence-electron chi connectivity index (χ3n) is 6.26. The van der Waals surface area contributed by atoms with E-state index < -0.39 is 44.0 Å². The van der Waals surface area contributed by atoms with Gasteiger partial charge in [0.1, 0.15) is 11.4 Å². The predicted molar refractivity (Wildman–Crippen MR) is 117 cm³/mol. The van der Waals surface area contributed by atoms with Crippen LogP contribution in [0.3, 0.4) is 0 Å². The summed E-state index contributed by atoms with van der Waals surface area (Å²) >= 11 is 0. The lowest BCUT2D eigenvalue weighted by molar-refractivity contribution is -0.168. The highest BCUT2D eigenvalue weighted by Gasteiger charge is 2.72. The minimum Gasteiger partial charge on any atom is -0.451 e. The van der Waals surface area contributed by atoms with Crippen molar-refractivity contribution in [1.29, 1.82) is 0 Å². The van der Waals surface area contributed by atoms with Crippen LogP contribution in [-0.4, -0.2) is 41.4 Å². The van der Waals surface area contributed by atoms with Crippen molar-refractivity contribution in [3.63, 3.8) is 0 Å². The van der Waals surface area contributed by atoms with Crippen molar-refractivity contribution >= 4 is 21.7 Å². The van der Waals surface area contributed by atoms with Crippen LogP contribution in [-0.2, 0) is 24.2 Å². The van der Waals surface area contributed by atoms with Gasteiger partial charge in [-0.15, -0.1) is 6.58 Å². The van der Waals surface area contributed by atoms with Crippen LogP contribution in [0.5, 0.6) is 0 Å². The van der Waals surface area contributed by atoms with Crippen LogP contribution < -0.4 is 0 Å². The molecular weight excluding hydrogens is 414 g/mol. The minimum absolute atomic E-state index is 0.258. The number of esters is 1. The van der Waals surface area contributed by atoms with Crippen LogP contribution in [0, 0.1) is 5.92 Å². The summed E-state index contributed by atoms with van der Waals surface area (Å²) in [6.07, 6.45) is 1.08. The van der Waals surface area contributed by atoms with Gasteiger partial charge in [0.05, 0.1) is 10.7 Å². The first-order valence-corrected chi connectivity index (χ1v) is 11.7. The first-order chi connectivity index (χ1) is 14.7. The van der Waals surface area contributed by atoms with E-state index in [2.05, 4.69) is 6.58 Å². The third-order valence-corrected chi connectivity index (χ3v) is 9.14. The molecule has 31 heavy (non-hydrogen) atoms. The number of ether oxygens (including phenoxy) is 1. The van der Waals surface area contributed by atoms with Crippen LogP contribution in [0.4, 0.5) is 0 Å². The van der Waals surface area contributed by atoms with Gasteiger partial charge < -0.3 is 9.64 Å². The Balaban J connectivity index is 1.70. The molecule has 7 heteroatoms. The number of β-lactam (4-membered cyclic amide) rings is 1. The quantitative estimate of drug-likeness (QED) is 0.392. The van der Waals surface area contributed by atoms with Crippen LogP contribution in [0.2, 0.25) is 0 Å². The predicted octanol–water partition coefficient (Wildman–Crippen LogP) is 3.26. The van der Waals surface area contributed by atoms with Crippen LogP contribution in [0.15, 0.2) is 73.3 Å². The summed E-state index contributed by atoms with van der Waals surface area (Å²) in [5, 5.41) is -1.02. The number of fused-ring (bicyclic) bond motifs is 1. The normalized spacial score (nSPS) is 25.6. The van der Waals surface area contributed by atoms with E-state index >= 15 is 0 Å². The zero-order chi connectivity index (χ0) is 22.4. The Morgan fingerprint density at radius 3 is 2.10 bits per heavy atom. The smallest absolute Gasteiger partial charge is 0.331 e. The average molecular weight is 440 g/mol. The maximum Gasteiger partial charge on any atom is 0.331 e. The Kier molecular flexibility index (Phi) is 5.25. The molecule has 0 radical (unpaired) electrons. The molecule has 2 aromatic rings. The molecule has 2 aromatic carbocycles. The molecular formula is C24H25NO5S. The highest BCUT2D eigenvalue weighted by atomic mass is 32.2. The number of rotatable bonds is 6. The fraction of sp³-hybridized carbons (Fsp3) is 0.333. The summed E-state index contributed by atoms with van der Waals surface area (Å²) in [6.45, 7) is 6.60. The number of allylic oxidation sites excluding steroid dienone is 1. The first kappa shape index (κ1) is 21.3. The molecule has 2 aliphatic heterocycles. The average Bonchev–Trinajstić information content (AvgIpc) is 2.91. The number of amides is 1.